The molecule has 0 unspecified atom stereocenters. The van der Waals surface area contributed by atoms with E-state index in [9.17, 15) is 8.42 Å². The fourth-order valence-corrected chi connectivity index (χ4v) is 4.19. The topological polar surface area (TPSA) is 61.2 Å². The van der Waals surface area contributed by atoms with Crippen molar-refractivity contribution in [3.63, 3.8) is 0 Å². The predicted molar refractivity (Wildman–Crippen MR) is 80.5 cm³/mol. The standard InChI is InChI=1S/C16H14N2O2S/c17-12-13-5-3-8-15(11-13)21(19,20)18-10-4-7-14-6-1-2-9-16(14)18/h1-3,5-6,8-9,11H,4,7,10H2. The van der Waals surface area contributed by atoms with Gasteiger partial charge in [0.2, 0.25) is 0 Å². The van der Waals surface area contributed by atoms with E-state index in [1.165, 1.54) is 16.4 Å². The number of aryl methyl sites for hydroxylation is 1. The van der Waals surface area contributed by atoms with Crippen LogP contribution in [0, 0.1) is 11.3 Å². The highest BCUT2D eigenvalue weighted by atomic mass is 32.2. The van der Waals surface area contributed by atoms with E-state index in [4.69, 9.17) is 5.26 Å². The van der Waals surface area contributed by atoms with Gasteiger partial charge in [-0.15, -0.1) is 0 Å². The molecule has 0 saturated heterocycles. The first-order chi connectivity index (χ1) is 10.1. The van der Waals surface area contributed by atoms with E-state index in [1.54, 1.807) is 12.1 Å². The van der Waals surface area contributed by atoms with Crippen LogP contribution in [0.25, 0.3) is 0 Å². The lowest BCUT2D eigenvalue weighted by atomic mass is 10.0. The number of benzene rings is 2. The molecule has 1 aliphatic heterocycles. The Morgan fingerprint density at radius 3 is 2.71 bits per heavy atom. The summed E-state index contributed by atoms with van der Waals surface area (Å²) in [6, 6.07) is 15.7. The third-order valence-electron chi connectivity index (χ3n) is 3.62. The van der Waals surface area contributed by atoms with Crippen LogP contribution in [-0.2, 0) is 16.4 Å². The first-order valence-corrected chi connectivity index (χ1v) is 8.18. The van der Waals surface area contributed by atoms with Gasteiger partial charge in [0.1, 0.15) is 0 Å². The number of hydrogen-bond donors (Lipinski definition) is 0. The Balaban J connectivity index is 2.10. The second-order valence-electron chi connectivity index (χ2n) is 4.95. The van der Waals surface area contributed by atoms with Crippen LogP contribution >= 0.6 is 0 Å². The molecule has 0 bridgehead atoms. The van der Waals surface area contributed by atoms with Crippen molar-refractivity contribution in [3.8, 4) is 6.07 Å². The lowest BCUT2D eigenvalue weighted by Gasteiger charge is -2.30. The normalized spacial score (nSPS) is 14.3. The molecule has 3 rings (SSSR count). The Bertz CT molecular complexity index is 822. The zero-order chi connectivity index (χ0) is 14.9. The van der Waals surface area contributed by atoms with Crippen molar-refractivity contribution in [2.45, 2.75) is 17.7 Å². The molecule has 2 aromatic carbocycles. The summed E-state index contributed by atoms with van der Waals surface area (Å²) in [5.74, 6) is 0. The van der Waals surface area contributed by atoms with Crippen molar-refractivity contribution < 1.29 is 8.42 Å². The van der Waals surface area contributed by atoms with Crippen LogP contribution < -0.4 is 4.31 Å². The summed E-state index contributed by atoms with van der Waals surface area (Å²) in [6.07, 6.45) is 1.69. The second kappa shape index (κ2) is 5.23. The van der Waals surface area contributed by atoms with Gasteiger partial charge in [-0.2, -0.15) is 5.26 Å². The van der Waals surface area contributed by atoms with E-state index in [2.05, 4.69) is 0 Å². The van der Waals surface area contributed by atoms with Gasteiger partial charge in [-0.25, -0.2) is 8.42 Å². The first-order valence-electron chi connectivity index (χ1n) is 6.74. The SMILES string of the molecule is N#Cc1cccc(S(=O)(=O)N2CCCc3ccccc32)c1. The van der Waals surface area contributed by atoms with Crippen molar-refractivity contribution in [2.24, 2.45) is 0 Å². The fraction of sp³-hybridized carbons (Fsp3) is 0.188. The van der Waals surface area contributed by atoms with Crippen LogP contribution in [-0.4, -0.2) is 15.0 Å². The predicted octanol–water partition coefficient (Wildman–Crippen LogP) is 2.70. The molecule has 1 aliphatic rings. The quantitative estimate of drug-likeness (QED) is 0.856. The molecule has 21 heavy (non-hydrogen) atoms. The van der Waals surface area contributed by atoms with Crippen LogP contribution in [0.1, 0.15) is 17.5 Å². The van der Waals surface area contributed by atoms with Crippen molar-refractivity contribution in [1.82, 2.24) is 0 Å². The number of para-hydroxylation sites is 1. The Kier molecular flexibility index (Phi) is 3.40. The summed E-state index contributed by atoms with van der Waals surface area (Å²) in [7, 11) is -3.63. The molecule has 4 nitrogen and oxygen atoms in total. The van der Waals surface area contributed by atoms with E-state index in [0.29, 0.717) is 12.1 Å². The maximum Gasteiger partial charge on any atom is 0.264 e. The molecule has 0 aromatic heterocycles. The molecule has 0 N–H and O–H groups in total. The maximum absolute atomic E-state index is 12.8. The largest absolute Gasteiger partial charge is 0.266 e. The maximum atomic E-state index is 12.8. The van der Waals surface area contributed by atoms with Crippen molar-refractivity contribution in [1.29, 1.82) is 5.26 Å². The van der Waals surface area contributed by atoms with Crippen LogP contribution in [0.5, 0.6) is 0 Å². The van der Waals surface area contributed by atoms with Gasteiger partial charge in [-0.1, -0.05) is 24.3 Å². The lowest BCUT2D eigenvalue weighted by Crippen LogP contribution is -2.35. The van der Waals surface area contributed by atoms with Gasteiger partial charge in [0.15, 0.2) is 0 Å². The highest BCUT2D eigenvalue weighted by molar-refractivity contribution is 7.92. The minimum Gasteiger partial charge on any atom is -0.266 e. The van der Waals surface area contributed by atoms with Gasteiger partial charge < -0.3 is 0 Å². The highest BCUT2D eigenvalue weighted by Gasteiger charge is 2.28. The Morgan fingerprint density at radius 2 is 1.90 bits per heavy atom. The Morgan fingerprint density at radius 1 is 1.10 bits per heavy atom. The van der Waals surface area contributed by atoms with Crippen LogP contribution in [0.2, 0.25) is 0 Å². The summed E-state index contributed by atoms with van der Waals surface area (Å²) in [5, 5.41) is 8.94. The van der Waals surface area contributed by atoms with E-state index < -0.39 is 10.0 Å². The molecule has 2 aromatic rings. The number of nitriles is 1. The van der Waals surface area contributed by atoms with Gasteiger partial charge in [-0.3, -0.25) is 4.31 Å². The molecule has 0 spiro atoms. The van der Waals surface area contributed by atoms with Gasteiger partial charge >= 0.3 is 0 Å². The number of hydrogen-bond acceptors (Lipinski definition) is 3. The van der Waals surface area contributed by atoms with Crippen molar-refractivity contribution in [2.75, 3.05) is 10.8 Å². The van der Waals surface area contributed by atoms with Crippen LogP contribution in [0.4, 0.5) is 5.69 Å². The zero-order valence-electron chi connectivity index (χ0n) is 11.4. The van der Waals surface area contributed by atoms with E-state index in [1.807, 2.05) is 30.3 Å². The first kappa shape index (κ1) is 13.7. The third kappa shape index (κ3) is 2.39. The van der Waals surface area contributed by atoms with Crippen LogP contribution in [0.3, 0.4) is 0 Å². The molecule has 1 heterocycles. The molecule has 0 aliphatic carbocycles. The minimum atomic E-state index is -3.63. The molecular formula is C16H14N2O2S. The Labute approximate surface area is 124 Å². The summed E-state index contributed by atoms with van der Waals surface area (Å²) in [4.78, 5) is 0.165. The molecule has 5 heteroatoms. The number of nitrogens with zero attached hydrogens (tertiary/aromatic N) is 2. The van der Waals surface area contributed by atoms with Crippen LogP contribution in [0.15, 0.2) is 53.4 Å². The van der Waals surface area contributed by atoms with E-state index >= 15 is 0 Å². The molecule has 0 fully saturated rings. The molecule has 0 atom stereocenters. The number of rotatable bonds is 2. The summed E-state index contributed by atoms with van der Waals surface area (Å²) in [6.45, 7) is 0.468. The van der Waals surface area contributed by atoms with Crippen molar-refractivity contribution in [3.05, 3.63) is 59.7 Å². The average Bonchev–Trinajstić information content (AvgIpc) is 2.54. The molecule has 0 saturated carbocycles. The summed E-state index contributed by atoms with van der Waals surface area (Å²) < 4.78 is 27.1. The van der Waals surface area contributed by atoms with Gasteiger partial charge in [-0.05, 0) is 42.7 Å². The monoisotopic (exact) mass is 298 g/mol. The van der Waals surface area contributed by atoms with Gasteiger partial charge in [0.25, 0.3) is 10.0 Å². The van der Waals surface area contributed by atoms with E-state index in [-0.39, 0.29) is 4.90 Å². The number of sulfonamides is 1. The minimum absolute atomic E-state index is 0.165. The molecule has 106 valence electrons. The highest BCUT2D eigenvalue weighted by Crippen LogP contribution is 2.31. The van der Waals surface area contributed by atoms with Gasteiger partial charge in [0.05, 0.1) is 22.2 Å². The Hall–Kier alpha value is -2.32. The van der Waals surface area contributed by atoms with Crippen molar-refractivity contribution >= 4 is 15.7 Å². The van der Waals surface area contributed by atoms with Gasteiger partial charge in [0, 0.05) is 6.54 Å². The number of fused-ring (bicyclic) bond motifs is 1. The zero-order valence-corrected chi connectivity index (χ0v) is 12.2. The molecule has 0 radical (unpaired) electrons. The smallest absolute Gasteiger partial charge is 0.264 e. The molecule has 0 amide bonds. The summed E-state index contributed by atoms with van der Waals surface area (Å²) >= 11 is 0. The third-order valence-corrected chi connectivity index (χ3v) is 5.43. The fourth-order valence-electron chi connectivity index (χ4n) is 2.60. The average molecular weight is 298 g/mol. The lowest BCUT2D eigenvalue weighted by molar-refractivity contribution is 0.586. The summed E-state index contributed by atoms with van der Waals surface area (Å²) in [5.41, 5.74) is 2.14. The molecular weight excluding hydrogens is 284 g/mol. The number of anilines is 1. The second-order valence-corrected chi connectivity index (χ2v) is 6.81. The van der Waals surface area contributed by atoms with E-state index in [0.717, 1.165) is 24.1 Å².